The first kappa shape index (κ1) is 17.8. The molecule has 22 heavy (non-hydrogen) atoms. The van der Waals surface area contributed by atoms with Gasteiger partial charge in [0, 0.05) is 16.2 Å². The number of nitrogens with one attached hydrogen (secondary N) is 1. The molecular formula is C20H30IN. The van der Waals surface area contributed by atoms with Gasteiger partial charge in [0.25, 0.3) is 0 Å². The second-order valence-corrected chi connectivity index (χ2v) is 8.11. The van der Waals surface area contributed by atoms with E-state index in [1.54, 1.807) is 0 Å². The van der Waals surface area contributed by atoms with Crippen LogP contribution in [-0.2, 0) is 0 Å². The molecule has 1 fully saturated rings. The Bertz CT molecular complexity index is 496. The molecular weight excluding hydrogens is 381 g/mol. The molecule has 1 aliphatic rings. The van der Waals surface area contributed by atoms with Gasteiger partial charge in [0.05, 0.1) is 0 Å². The molecule has 0 spiro atoms. The Hall–Kier alpha value is -0.510. The molecule has 0 aliphatic heterocycles. The van der Waals surface area contributed by atoms with E-state index in [0.29, 0.717) is 17.9 Å². The van der Waals surface area contributed by atoms with E-state index in [0.717, 1.165) is 11.8 Å². The molecule has 4 unspecified atom stereocenters. The minimum Gasteiger partial charge on any atom is -0.382 e. The summed E-state index contributed by atoms with van der Waals surface area (Å²) in [5.41, 5.74) is 2.61. The van der Waals surface area contributed by atoms with E-state index in [4.69, 9.17) is 0 Å². The zero-order chi connectivity index (χ0) is 16.1. The largest absolute Gasteiger partial charge is 0.382 e. The summed E-state index contributed by atoms with van der Waals surface area (Å²) < 4.78 is 1.21. The van der Waals surface area contributed by atoms with Crippen LogP contribution in [0.4, 0.5) is 5.69 Å². The summed E-state index contributed by atoms with van der Waals surface area (Å²) in [6.07, 6.45) is 7.45. The maximum Gasteiger partial charge on any atom is 0.0345 e. The van der Waals surface area contributed by atoms with Gasteiger partial charge in [-0.05, 0) is 61.1 Å². The van der Waals surface area contributed by atoms with Crippen molar-refractivity contribution in [1.82, 2.24) is 0 Å². The number of alkyl halides is 1. The number of hydrogen-bond acceptors (Lipinski definition) is 1. The van der Waals surface area contributed by atoms with E-state index in [-0.39, 0.29) is 0 Å². The van der Waals surface area contributed by atoms with Crippen molar-refractivity contribution < 1.29 is 0 Å². The van der Waals surface area contributed by atoms with Gasteiger partial charge in [-0.1, -0.05) is 67.6 Å². The minimum absolute atomic E-state index is 0.682. The zero-order valence-corrected chi connectivity index (χ0v) is 16.5. The maximum atomic E-state index is 3.70. The molecule has 0 radical (unpaired) electrons. The average Bonchev–Trinajstić information content (AvgIpc) is 3.24. The Labute approximate surface area is 150 Å². The second kappa shape index (κ2) is 8.37. The molecule has 5 atom stereocenters. The van der Waals surface area contributed by atoms with Gasteiger partial charge in [0.2, 0.25) is 0 Å². The predicted molar refractivity (Wildman–Crippen MR) is 107 cm³/mol. The van der Waals surface area contributed by atoms with Crippen LogP contribution in [0.2, 0.25) is 0 Å². The highest BCUT2D eigenvalue weighted by molar-refractivity contribution is 14.1. The minimum atomic E-state index is 0.682. The van der Waals surface area contributed by atoms with Crippen molar-refractivity contribution in [1.29, 1.82) is 0 Å². The first-order chi connectivity index (χ1) is 10.5. The molecule has 122 valence electrons. The van der Waals surface area contributed by atoms with Crippen LogP contribution < -0.4 is 5.32 Å². The molecule has 0 heterocycles. The van der Waals surface area contributed by atoms with E-state index >= 15 is 0 Å². The van der Waals surface area contributed by atoms with Crippen molar-refractivity contribution in [3.05, 3.63) is 42.0 Å². The normalized spacial score (nSPS) is 25.0. The highest BCUT2D eigenvalue weighted by Crippen LogP contribution is 2.42. The number of aryl methyl sites for hydroxylation is 1. The molecule has 2 heteroatoms. The van der Waals surface area contributed by atoms with Gasteiger partial charge < -0.3 is 5.32 Å². The van der Waals surface area contributed by atoms with Gasteiger partial charge in [-0.15, -0.1) is 0 Å². The number of rotatable bonds is 8. The molecule has 0 aromatic heterocycles. The maximum absolute atomic E-state index is 3.70. The Kier molecular flexibility index (Phi) is 6.79. The first-order valence-corrected chi connectivity index (χ1v) is 10.1. The quantitative estimate of drug-likeness (QED) is 0.310. The predicted octanol–water partition coefficient (Wildman–Crippen LogP) is 6.09. The van der Waals surface area contributed by atoms with E-state index in [1.807, 2.05) is 0 Å². The molecule has 1 N–H and O–H groups in total. The van der Waals surface area contributed by atoms with Gasteiger partial charge in [-0.25, -0.2) is 0 Å². The number of halogens is 1. The SMILES string of the molecule is Cc1cccc(NC2CC2C(C)C[C@H](C)/C=C\C(C)CI)c1. The van der Waals surface area contributed by atoms with Gasteiger partial charge in [0.15, 0.2) is 0 Å². The number of allylic oxidation sites excluding steroid dienone is 2. The fraction of sp³-hybridized carbons (Fsp3) is 0.600. The molecule has 1 aromatic carbocycles. The summed E-state index contributed by atoms with van der Waals surface area (Å²) in [6.45, 7) is 9.23. The molecule has 2 rings (SSSR count). The topological polar surface area (TPSA) is 12.0 Å². The fourth-order valence-electron chi connectivity index (χ4n) is 3.23. The lowest BCUT2D eigenvalue weighted by Crippen LogP contribution is -2.11. The number of hydrogen-bond donors (Lipinski definition) is 1. The first-order valence-electron chi connectivity index (χ1n) is 8.57. The van der Waals surface area contributed by atoms with Crippen molar-refractivity contribution in [3.8, 4) is 0 Å². The van der Waals surface area contributed by atoms with Crippen LogP contribution in [0, 0.1) is 30.6 Å². The van der Waals surface area contributed by atoms with Crippen molar-refractivity contribution in [2.75, 3.05) is 9.74 Å². The van der Waals surface area contributed by atoms with Crippen molar-refractivity contribution in [2.24, 2.45) is 23.7 Å². The summed E-state index contributed by atoms with van der Waals surface area (Å²) in [6, 6.07) is 9.41. The summed E-state index contributed by atoms with van der Waals surface area (Å²) in [5, 5.41) is 3.70. The molecule has 1 aromatic rings. The lowest BCUT2D eigenvalue weighted by atomic mass is 9.92. The molecule has 1 nitrogen and oxygen atoms in total. The van der Waals surface area contributed by atoms with E-state index in [2.05, 4.69) is 92.0 Å². The van der Waals surface area contributed by atoms with Crippen LogP contribution in [0.15, 0.2) is 36.4 Å². The van der Waals surface area contributed by atoms with E-state index in [1.165, 1.54) is 28.5 Å². The van der Waals surface area contributed by atoms with Crippen LogP contribution in [0.1, 0.15) is 39.2 Å². The monoisotopic (exact) mass is 411 g/mol. The third-order valence-electron chi connectivity index (χ3n) is 4.70. The number of benzene rings is 1. The Morgan fingerprint density at radius 2 is 1.95 bits per heavy atom. The highest BCUT2D eigenvalue weighted by atomic mass is 127. The highest BCUT2D eigenvalue weighted by Gasteiger charge is 2.40. The summed E-state index contributed by atoms with van der Waals surface area (Å²) in [7, 11) is 0. The summed E-state index contributed by atoms with van der Waals surface area (Å²) >= 11 is 2.46. The van der Waals surface area contributed by atoms with Gasteiger partial charge in [-0.3, -0.25) is 0 Å². The second-order valence-electron chi connectivity index (χ2n) is 7.23. The third kappa shape index (κ3) is 5.60. The summed E-state index contributed by atoms with van der Waals surface area (Å²) in [5.74, 6) is 3.05. The third-order valence-corrected chi connectivity index (χ3v) is 6.09. The lowest BCUT2D eigenvalue weighted by molar-refractivity contribution is 0.414. The Morgan fingerprint density at radius 3 is 2.64 bits per heavy atom. The standard InChI is InChI=1S/C20H30IN/c1-14-6-5-7-18(11-14)22-20-12-19(20)17(4)10-15(2)8-9-16(3)13-21/h5-9,11,15-17,19-20,22H,10,12-13H2,1-4H3/b9-8-/t15-,16?,17?,19?,20?/m1/s1. The zero-order valence-electron chi connectivity index (χ0n) is 14.4. The van der Waals surface area contributed by atoms with Crippen LogP contribution in [0.5, 0.6) is 0 Å². The Balaban J connectivity index is 1.76. The number of anilines is 1. The Morgan fingerprint density at radius 1 is 1.23 bits per heavy atom. The van der Waals surface area contributed by atoms with Crippen LogP contribution in [0.25, 0.3) is 0 Å². The summed E-state index contributed by atoms with van der Waals surface area (Å²) in [4.78, 5) is 0. The molecule has 0 saturated heterocycles. The van der Waals surface area contributed by atoms with Crippen molar-refractivity contribution in [3.63, 3.8) is 0 Å². The lowest BCUT2D eigenvalue weighted by Gasteiger charge is -2.16. The van der Waals surface area contributed by atoms with Crippen LogP contribution in [0.3, 0.4) is 0 Å². The molecule has 0 bridgehead atoms. The van der Waals surface area contributed by atoms with Gasteiger partial charge >= 0.3 is 0 Å². The fourth-order valence-corrected chi connectivity index (χ4v) is 3.52. The van der Waals surface area contributed by atoms with Crippen LogP contribution >= 0.6 is 22.6 Å². The average molecular weight is 411 g/mol. The van der Waals surface area contributed by atoms with E-state index < -0.39 is 0 Å². The van der Waals surface area contributed by atoms with Crippen LogP contribution in [-0.4, -0.2) is 10.5 Å². The van der Waals surface area contributed by atoms with Crippen molar-refractivity contribution in [2.45, 2.75) is 46.6 Å². The van der Waals surface area contributed by atoms with Crippen molar-refractivity contribution >= 4 is 28.3 Å². The molecule has 1 saturated carbocycles. The van der Waals surface area contributed by atoms with E-state index in [9.17, 15) is 0 Å². The van der Waals surface area contributed by atoms with Gasteiger partial charge in [-0.2, -0.15) is 0 Å². The molecule has 1 aliphatic carbocycles. The van der Waals surface area contributed by atoms with Gasteiger partial charge in [0.1, 0.15) is 0 Å². The smallest absolute Gasteiger partial charge is 0.0345 e. The molecule has 0 amide bonds.